The Labute approximate surface area is 194 Å². The quantitative estimate of drug-likeness (QED) is 0.184. The lowest BCUT2D eigenvalue weighted by atomic mass is 9.93. The van der Waals surface area contributed by atoms with Gasteiger partial charge in [-0.2, -0.15) is 0 Å². The molecule has 4 aromatic rings. The fraction of sp³-hybridized carbons (Fsp3) is 0.0476. The first-order valence-corrected chi connectivity index (χ1v) is 12.7. The van der Waals surface area contributed by atoms with Crippen LogP contribution in [-0.2, 0) is 9.05 Å². The Balaban J connectivity index is 2.26. The molecule has 0 aliphatic carbocycles. The van der Waals surface area contributed by atoms with Crippen LogP contribution in [0.2, 0.25) is 0 Å². The summed E-state index contributed by atoms with van der Waals surface area (Å²) in [6, 6.07) is 19.2. The topological polar surface area (TPSA) is 43.4 Å². The van der Waals surface area contributed by atoms with Gasteiger partial charge in [0, 0.05) is 28.9 Å². The molecule has 28 heavy (non-hydrogen) atoms. The van der Waals surface area contributed by atoms with E-state index in [0.29, 0.717) is 11.3 Å². The molecule has 7 heteroatoms. The van der Waals surface area contributed by atoms with Crippen LogP contribution >= 0.6 is 55.9 Å². The van der Waals surface area contributed by atoms with Crippen molar-refractivity contribution in [3.05, 3.63) is 67.8 Å². The summed E-state index contributed by atoms with van der Waals surface area (Å²) in [4.78, 5) is 0.0761. The Morgan fingerprint density at radius 3 is 1.86 bits per heavy atom. The predicted molar refractivity (Wildman–Crippen MR) is 132 cm³/mol. The minimum atomic E-state index is -3.97. The molecule has 0 radical (unpaired) electrons. The summed E-state index contributed by atoms with van der Waals surface area (Å²) < 4.78 is 32.7. The largest absolute Gasteiger partial charge is 0.496 e. The molecule has 0 heterocycles. The van der Waals surface area contributed by atoms with Crippen molar-refractivity contribution in [1.82, 2.24) is 0 Å². The van der Waals surface area contributed by atoms with Gasteiger partial charge < -0.3 is 4.74 Å². The summed E-state index contributed by atoms with van der Waals surface area (Å²) in [7, 11) is 3.46. The molecule has 0 aliphatic rings. The molecule has 4 aromatic carbocycles. The standard InChI is InChI=1S/C21H13ClI2O3S/c1-27-18-8-2-12-10-14(23)4-6-16(12)20(18)21-17-7-5-15(24)11-13(17)3-9-19(21)28(22,25)26/h2-11H,1H3. The van der Waals surface area contributed by atoms with Crippen LogP contribution in [0.25, 0.3) is 32.7 Å². The van der Waals surface area contributed by atoms with Gasteiger partial charge >= 0.3 is 0 Å². The minimum Gasteiger partial charge on any atom is -0.496 e. The maximum absolute atomic E-state index is 12.4. The lowest BCUT2D eigenvalue weighted by Crippen LogP contribution is -1.99. The third kappa shape index (κ3) is 3.59. The first kappa shape index (κ1) is 20.2. The van der Waals surface area contributed by atoms with Crippen LogP contribution in [0, 0.1) is 7.14 Å². The highest BCUT2D eigenvalue weighted by Gasteiger charge is 2.23. The molecule has 0 amide bonds. The van der Waals surface area contributed by atoms with Crippen LogP contribution in [0.1, 0.15) is 0 Å². The molecule has 0 aromatic heterocycles. The van der Waals surface area contributed by atoms with Crippen LogP contribution < -0.4 is 4.74 Å². The number of rotatable bonds is 3. The molecule has 0 N–H and O–H groups in total. The van der Waals surface area contributed by atoms with Crippen molar-refractivity contribution in [3.63, 3.8) is 0 Å². The fourth-order valence-corrected chi connectivity index (χ4v) is 5.55. The van der Waals surface area contributed by atoms with Gasteiger partial charge in [-0.05, 0) is 103 Å². The molecule has 4 rings (SSSR count). The van der Waals surface area contributed by atoms with Gasteiger partial charge in [0.15, 0.2) is 0 Å². The van der Waals surface area contributed by atoms with E-state index < -0.39 is 9.05 Å². The highest BCUT2D eigenvalue weighted by atomic mass is 127. The summed E-state index contributed by atoms with van der Waals surface area (Å²) in [5, 5.41) is 3.66. The van der Waals surface area contributed by atoms with Gasteiger partial charge in [0.1, 0.15) is 5.75 Å². The SMILES string of the molecule is COc1ccc2cc(I)ccc2c1-c1c(S(=O)(=O)Cl)ccc2cc(I)ccc12. The van der Waals surface area contributed by atoms with Crippen molar-refractivity contribution >= 4 is 86.5 Å². The van der Waals surface area contributed by atoms with Crippen molar-refractivity contribution in [1.29, 1.82) is 0 Å². The predicted octanol–water partition coefficient (Wildman–Crippen LogP) is 6.81. The second-order valence-electron chi connectivity index (χ2n) is 6.25. The van der Waals surface area contributed by atoms with Crippen LogP contribution in [-0.4, -0.2) is 15.5 Å². The molecule has 0 unspecified atom stereocenters. The Morgan fingerprint density at radius 2 is 1.32 bits per heavy atom. The summed E-state index contributed by atoms with van der Waals surface area (Å²) in [5.41, 5.74) is 1.29. The Kier molecular flexibility index (Phi) is 5.49. The Morgan fingerprint density at radius 1 is 0.786 bits per heavy atom. The second-order valence-corrected chi connectivity index (χ2v) is 11.3. The highest BCUT2D eigenvalue weighted by molar-refractivity contribution is 14.1. The zero-order chi connectivity index (χ0) is 20.1. The Hall–Kier alpha value is -1.10. The Bertz CT molecular complexity index is 1350. The number of fused-ring (bicyclic) bond motifs is 2. The molecular formula is C21H13ClI2O3S. The van der Waals surface area contributed by atoms with E-state index in [1.807, 2.05) is 42.5 Å². The maximum atomic E-state index is 12.4. The first-order chi connectivity index (χ1) is 13.3. The number of hydrogen-bond acceptors (Lipinski definition) is 3. The van der Waals surface area contributed by atoms with Gasteiger partial charge in [0.05, 0.1) is 12.0 Å². The zero-order valence-corrected chi connectivity index (χ0v) is 20.4. The minimum absolute atomic E-state index is 0.0761. The number of hydrogen-bond donors (Lipinski definition) is 0. The monoisotopic (exact) mass is 634 g/mol. The summed E-state index contributed by atoms with van der Waals surface area (Å²) in [6.45, 7) is 0. The molecule has 0 bridgehead atoms. The van der Waals surface area contributed by atoms with E-state index in [4.69, 9.17) is 15.4 Å². The van der Waals surface area contributed by atoms with E-state index in [1.54, 1.807) is 19.2 Å². The van der Waals surface area contributed by atoms with E-state index in [9.17, 15) is 8.42 Å². The van der Waals surface area contributed by atoms with Gasteiger partial charge in [-0.3, -0.25) is 0 Å². The molecule has 0 atom stereocenters. The average molecular weight is 635 g/mol. The van der Waals surface area contributed by atoms with Crippen molar-refractivity contribution in [2.24, 2.45) is 0 Å². The lowest BCUT2D eigenvalue weighted by molar-refractivity contribution is 0.417. The van der Waals surface area contributed by atoms with E-state index >= 15 is 0 Å². The van der Waals surface area contributed by atoms with E-state index in [-0.39, 0.29) is 4.90 Å². The lowest BCUT2D eigenvalue weighted by Gasteiger charge is -2.17. The molecule has 142 valence electrons. The normalized spacial score (nSPS) is 11.9. The molecule has 0 spiro atoms. The zero-order valence-electron chi connectivity index (χ0n) is 14.5. The van der Waals surface area contributed by atoms with Gasteiger partial charge in [-0.15, -0.1) is 0 Å². The van der Waals surface area contributed by atoms with Crippen molar-refractivity contribution < 1.29 is 13.2 Å². The van der Waals surface area contributed by atoms with Gasteiger partial charge in [0.2, 0.25) is 0 Å². The molecule has 0 aliphatic heterocycles. The third-order valence-corrected chi connectivity index (χ3v) is 7.33. The van der Waals surface area contributed by atoms with Crippen molar-refractivity contribution in [2.75, 3.05) is 7.11 Å². The van der Waals surface area contributed by atoms with E-state index in [0.717, 1.165) is 34.2 Å². The number of ether oxygens (including phenoxy) is 1. The highest BCUT2D eigenvalue weighted by Crippen LogP contribution is 2.44. The van der Waals surface area contributed by atoms with Crippen LogP contribution in [0.15, 0.2) is 65.6 Å². The summed E-state index contributed by atoms with van der Waals surface area (Å²) in [5.74, 6) is 0.598. The molecule has 3 nitrogen and oxygen atoms in total. The van der Waals surface area contributed by atoms with E-state index in [2.05, 4.69) is 51.2 Å². The molecule has 0 fully saturated rings. The number of halogens is 3. The molecule has 0 saturated heterocycles. The van der Waals surface area contributed by atoms with Crippen LogP contribution in [0.3, 0.4) is 0 Å². The van der Waals surface area contributed by atoms with Crippen LogP contribution in [0.4, 0.5) is 0 Å². The summed E-state index contributed by atoms with van der Waals surface area (Å²) >= 11 is 4.50. The second kappa shape index (κ2) is 7.62. The van der Waals surface area contributed by atoms with Crippen molar-refractivity contribution in [2.45, 2.75) is 4.90 Å². The average Bonchev–Trinajstić information content (AvgIpc) is 2.65. The van der Waals surface area contributed by atoms with E-state index in [1.165, 1.54) is 0 Å². The third-order valence-electron chi connectivity index (χ3n) is 4.62. The number of methoxy groups -OCH3 is 1. The van der Waals surface area contributed by atoms with Gasteiger partial charge in [0.25, 0.3) is 9.05 Å². The maximum Gasteiger partial charge on any atom is 0.261 e. The first-order valence-electron chi connectivity index (χ1n) is 8.23. The van der Waals surface area contributed by atoms with Crippen molar-refractivity contribution in [3.8, 4) is 16.9 Å². The molecule has 0 saturated carbocycles. The van der Waals surface area contributed by atoms with Gasteiger partial charge in [-0.25, -0.2) is 8.42 Å². The fourth-order valence-electron chi connectivity index (χ4n) is 3.45. The summed E-state index contributed by atoms with van der Waals surface area (Å²) in [6.07, 6.45) is 0. The molecular weight excluding hydrogens is 622 g/mol. The van der Waals surface area contributed by atoms with Crippen LogP contribution in [0.5, 0.6) is 5.75 Å². The van der Waals surface area contributed by atoms with Gasteiger partial charge in [-0.1, -0.05) is 24.3 Å². The smallest absolute Gasteiger partial charge is 0.261 e. The number of benzene rings is 4.